The van der Waals surface area contributed by atoms with Gasteiger partial charge in [-0.25, -0.2) is 0 Å². The van der Waals surface area contributed by atoms with Crippen molar-refractivity contribution in [1.82, 2.24) is 0 Å². The molecule has 1 aliphatic rings. The van der Waals surface area contributed by atoms with E-state index in [0.29, 0.717) is 0 Å². The lowest BCUT2D eigenvalue weighted by Gasteiger charge is -2.18. The second-order valence-electron chi connectivity index (χ2n) is 5.41. The zero-order chi connectivity index (χ0) is 14.6. The Morgan fingerprint density at radius 3 is 2.76 bits per heavy atom. The Hall–Kier alpha value is -2.20. The van der Waals surface area contributed by atoms with Gasteiger partial charge in [0.15, 0.2) is 0 Å². The Morgan fingerprint density at radius 1 is 1.14 bits per heavy atom. The summed E-state index contributed by atoms with van der Waals surface area (Å²) in [5.74, 6) is 0. The molecule has 21 heavy (non-hydrogen) atoms. The van der Waals surface area contributed by atoms with Gasteiger partial charge in [0.25, 0.3) is 5.69 Å². The second kappa shape index (κ2) is 4.40. The summed E-state index contributed by atoms with van der Waals surface area (Å²) in [6, 6.07) is 12.0. The molecule has 0 fully saturated rings. The van der Waals surface area contributed by atoms with E-state index in [1.165, 1.54) is 26.1 Å². The van der Waals surface area contributed by atoms with Crippen molar-refractivity contribution in [3.8, 4) is 10.4 Å². The summed E-state index contributed by atoms with van der Waals surface area (Å²) in [4.78, 5) is 12.1. The van der Waals surface area contributed by atoms with Crippen LogP contribution in [0.4, 0.5) is 5.69 Å². The van der Waals surface area contributed by atoms with Crippen molar-refractivity contribution in [2.24, 2.45) is 0 Å². The second-order valence-corrected chi connectivity index (χ2v) is 6.46. The van der Waals surface area contributed by atoms with E-state index in [2.05, 4.69) is 18.2 Å². The molecule has 2 aromatic carbocycles. The largest absolute Gasteiger partial charge is 0.272 e. The zero-order valence-electron chi connectivity index (χ0n) is 11.6. The van der Waals surface area contributed by atoms with Crippen LogP contribution in [0.2, 0.25) is 0 Å². The SMILES string of the molecule is Cc1c([N+](=O)[O-])ccc2c1-c1sc3ccccc3c1CC2. The van der Waals surface area contributed by atoms with Crippen molar-refractivity contribution >= 4 is 27.1 Å². The lowest BCUT2D eigenvalue weighted by molar-refractivity contribution is -0.385. The normalized spacial score (nSPS) is 13.0. The molecule has 3 aromatic rings. The summed E-state index contributed by atoms with van der Waals surface area (Å²) in [5.41, 5.74) is 4.69. The molecule has 4 rings (SSSR count). The Bertz CT molecular complexity index is 895. The molecule has 0 amide bonds. The quantitative estimate of drug-likeness (QED) is 0.474. The number of rotatable bonds is 1. The minimum absolute atomic E-state index is 0.221. The van der Waals surface area contributed by atoms with E-state index in [4.69, 9.17) is 0 Å². The lowest BCUT2D eigenvalue weighted by Crippen LogP contribution is -2.05. The van der Waals surface area contributed by atoms with Gasteiger partial charge in [-0.1, -0.05) is 24.3 Å². The van der Waals surface area contributed by atoms with Gasteiger partial charge in [0.05, 0.1) is 4.92 Å². The molecule has 4 heteroatoms. The van der Waals surface area contributed by atoms with Crippen LogP contribution in [0.5, 0.6) is 0 Å². The van der Waals surface area contributed by atoms with Crippen LogP contribution in [0.15, 0.2) is 36.4 Å². The third-order valence-corrected chi connectivity index (χ3v) is 5.52. The molecule has 0 aliphatic heterocycles. The van der Waals surface area contributed by atoms with Crippen LogP contribution >= 0.6 is 11.3 Å². The first-order chi connectivity index (χ1) is 10.2. The van der Waals surface area contributed by atoms with E-state index in [0.717, 1.165) is 24.0 Å². The van der Waals surface area contributed by atoms with Crippen LogP contribution in [-0.4, -0.2) is 4.92 Å². The van der Waals surface area contributed by atoms with Gasteiger partial charge in [-0.3, -0.25) is 10.1 Å². The fraction of sp³-hybridized carbons (Fsp3) is 0.176. The molecular weight excluding hydrogens is 282 g/mol. The van der Waals surface area contributed by atoms with Gasteiger partial charge in [-0.15, -0.1) is 11.3 Å². The van der Waals surface area contributed by atoms with Crippen LogP contribution in [0, 0.1) is 17.0 Å². The molecule has 1 heterocycles. The van der Waals surface area contributed by atoms with Gasteiger partial charge in [-0.2, -0.15) is 0 Å². The first-order valence-electron chi connectivity index (χ1n) is 6.94. The molecule has 3 nitrogen and oxygen atoms in total. The van der Waals surface area contributed by atoms with Crippen LogP contribution in [0.3, 0.4) is 0 Å². The number of aryl methyl sites for hydroxylation is 2. The standard InChI is InChI=1S/C17H13NO2S/c1-10-14(18(19)20)9-7-11-6-8-13-12-4-2-3-5-15(12)21-17(13)16(10)11/h2-5,7,9H,6,8H2,1H3. The molecule has 0 spiro atoms. The minimum Gasteiger partial charge on any atom is -0.258 e. The van der Waals surface area contributed by atoms with E-state index in [-0.39, 0.29) is 10.6 Å². The summed E-state index contributed by atoms with van der Waals surface area (Å²) in [6.45, 7) is 1.87. The minimum atomic E-state index is -0.281. The van der Waals surface area contributed by atoms with Gasteiger partial charge >= 0.3 is 0 Å². The molecule has 1 aromatic heterocycles. The molecule has 1 aliphatic carbocycles. The fourth-order valence-corrected chi connectivity index (χ4v) is 4.68. The maximum Gasteiger partial charge on any atom is 0.272 e. The predicted octanol–water partition coefficient (Wildman–Crippen LogP) is 4.88. The first-order valence-corrected chi connectivity index (χ1v) is 7.76. The van der Waals surface area contributed by atoms with Crippen LogP contribution in [0.25, 0.3) is 20.5 Å². The first kappa shape index (κ1) is 12.5. The number of nitro groups is 1. The summed E-state index contributed by atoms with van der Waals surface area (Å²) in [7, 11) is 0. The molecule has 0 saturated heterocycles. The number of benzene rings is 2. The van der Waals surface area contributed by atoms with Crippen LogP contribution in [-0.2, 0) is 12.8 Å². The molecular formula is C17H13NO2S. The van der Waals surface area contributed by atoms with Gasteiger partial charge in [0, 0.05) is 26.8 Å². The van der Waals surface area contributed by atoms with Crippen LogP contribution in [0.1, 0.15) is 16.7 Å². The Morgan fingerprint density at radius 2 is 1.95 bits per heavy atom. The highest BCUT2D eigenvalue weighted by Gasteiger charge is 2.26. The summed E-state index contributed by atoms with van der Waals surface area (Å²) in [6.07, 6.45) is 1.98. The Kier molecular flexibility index (Phi) is 2.62. The summed E-state index contributed by atoms with van der Waals surface area (Å²) in [5, 5.41) is 12.5. The van der Waals surface area contributed by atoms with Gasteiger partial charge in [0.1, 0.15) is 0 Å². The molecule has 0 bridgehead atoms. The lowest BCUT2D eigenvalue weighted by atomic mass is 9.87. The summed E-state index contributed by atoms with van der Waals surface area (Å²) < 4.78 is 1.27. The molecule has 104 valence electrons. The average molecular weight is 295 g/mol. The maximum absolute atomic E-state index is 11.2. The Balaban J connectivity index is 2.07. The summed E-state index contributed by atoms with van der Waals surface area (Å²) >= 11 is 1.75. The van der Waals surface area contributed by atoms with E-state index < -0.39 is 0 Å². The average Bonchev–Trinajstić information content (AvgIpc) is 2.85. The number of hydrogen-bond acceptors (Lipinski definition) is 3. The van der Waals surface area contributed by atoms with E-state index in [9.17, 15) is 10.1 Å². The number of fused-ring (bicyclic) bond motifs is 5. The highest BCUT2D eigenvalue weighted by molar-refractivity contribution is 7.22. The highest BCUT2D eigenvalue weighted by atomic mass is 32.1. The third-order valence-electron chi connectivity index (χ3n) is 4.29. The monoisotopic (exact) mass is 295 g/mol. The van der Waals surface area contributed by atoms with Crippen molar-refractivity contribution in [3.63, 3.8) is 0 Å². The fourth-order valence-electron chi connectivity index (χ4n) is 3.29. The molecule has 0 N–H and O–H groups in total. The van der Waals surface area contributed by atoms with Crippen LogP contribution < -0.4 is 0 Å². The number of hydrogen-bond donors (Lipinski definition) is 0. The van der Waals surface area contributed by atoms with Crippen molar-refractivity contribution in [3.05, 3.63) is 63.2 Å². The Labute approximate surface area is 126 Å². The maximum atomic E-state index is 11.2. The van der Waals surface area contributed by atoms with Crippen molar-refractivity contribution < 1.29 is 4.92 Å². The molecule has 0 atom stereocenters. The van der Waals surface area contributed by atoms with Crippen molar-refractivity contribution in [1.29, 1.82) is 0 Å². The molecule has 0 radical (unpaired) electrons. The zero-order valence-corrected chi connectivity index (χ0v) is 12.4. The number of thiophene rings is 1. The smallest absolute Gasteiger partial charge is 0.258 e. The van der Waals surface area contributed by atoms with Gasteiger partial charge in [0.2, 0.25) is 0 Å². The molecule has 0 saturated carbocycles. The number of nitrogens with zero attached hydrogens (tertiary/aromatic N) is 1. The van der Waals surface area contributed by atoms with Gasteiger partial charge in [-0.05, 0) is 42.3 Å². The van der Waals surface area contributed by atoms with E-state index >= 15 is 0 Å². The third kappa shape index (κ3) is 1.72. The number of nitro benzene ring substituents is 1. The van der Waals surface area contributed by atoms with Gasteiger partial charge < -0.3 is 0 Å². The van der Waals surface area contributed by atoms with E-state index in [1.54, 1.807) is 17.4 Å². The topological polar surface area (TPSA) is 43.1 Å². The van der Waals surface area contributed by atoms with Crippen molar-refractivity contribution in [2.75, 3.05) is 0 Å². The van der Waals surface area contributed by atoms with E-state index in [1.807, 2.05) is 19.1 Å². The highest BCUT2D eigenvalue weighted by Crippen LogP contribution is 2.46. The predicted molar refractivity (Wildman–Crippen MR) is 86.1 cm³/mol. The molecule has 0 unspecified atom stereocenters. The van der Waals surface area contributed by atoms with Crippen molar-refractivity contribution in [2.45, 2.75) is 19.8 Å².